The van der Waals surface area contributed by atoms with E-state index in [1.807, 2.05) is 7.11 Å². The molecule has 0 heterocycles. The molecule has 0 saturated heterocycles. The van der Waals surface area contributed by atoms with Crippen LogP contribution in [-0.2, 0) is 4.74 Å². The van der Waals surface area contributed by atoms with Crippen LogP contribution in [0.15, 0.2) is 12.1 Å². The van der Waals surface area contributed by atoms with E-state index in [2.05, 4.69) is 0 Å². The summed E-state index contributed by atoms with van der Waals surface area (Å²) >= 11 is 0. The zero-order chi connectivity index (χ0) is 18.1. The van der Waals surface area contributed by atoms with Crippen molar-refractivity contribution in [3.63, 3.8) is 0 Å². The van der Waals surface area contributed by atoms with E-state index in [0.29, 0.717) is 23.5 Å². The number of ether oxygens (including phenoxy) is 2. The number of methoxy groups -OCH3 is 1. The topological polar surface area (TPSA) is 61.6 Å². The van der Waals surface area contributed by atoms with Gasteiger partial charge < -0.3 is 15.2 Å². The molecule has 4 bridgehead atoms. The SMILES string of the molecule is COC12CC3CC(C1)C(Oc1cc(F)c(C(N)=O)cc1C1CC1)C(C3)C2. The number of carbonyl (C=O) groups is 1. The molecule has 1 aromatic carbocycles. The molecule has 0 spiro atoms. The lowest BCUT2D eigenvalue weighted by Crippen LogP contribution is -2.59. The third-order valence-electron chi connectivity index (χ3n) is 7.21. The number of rotatable bonds is 5. The maximum atomic E-state index is 14.4. The fourth-order valence-corrected chi connectivity index (χ4v) is 6.07. The molecule has 140 valence electrons. The van der Waals surface area contributed by atoms with E-state index in [1.165, 1.54) is 25.3 Å². The number of nitrogens with two attached hydrogens (primary N) is 1. The van der Waals surface area contributed by atoms with Crippen molar-refractivity contribution in [2.75, 3.05) is 7.11 Å². The molecule has 5 saturated carbocycles. The summed E-state index contributed by atoms with van der Waals surface area (Å²) in [5.74, 6) is 1.40. The Kier molecular flexibility index (Phi) is 3.62. The number of hydrogen-bond acceptors (Lipinski definition) is 3. The van der Waals surface area contributed by atoms with Gasteiger partial charge in [0.05, 0.1) is 11.2 Å². The summed E-state index contributed by atoms with van der Waals surface area (Å²) in [6.45, 7) is 0. The molecule has 4 nitrogen and oxygen atoms in total. The number of primary amides is 1. The van der Waals surface area contributed by atoms with Crippen LogP contribution < -0.4 is 10.5 Å². The molecule has 5 fully saturated rings. The lowest BCUT2D eigenvalue weighted by molar-refractivity contribution is -0.182. The molecule has 6 rings (SSSR count). The summed E-state index contributed by atoms with van der Waals surface area (Å²) in [6.07, 6.45) is 7.90. The Hall–Kier alpha value is -1.62. The van der Waals surface area contributed by atoms with E-state index in [1.54, 1.807) is 6.07 Å². The summed E-state index contributed by atoms with van der Waals surface area (Å²) in [5, 5.41) is 0. The lowest BCUT2D eigenvalue weighted by Gasteiger charge is -2.58. The quantitative estimate of drug-likeness (QED) is 0.870. The zero-order valence-electron chi connectivity index (χ0n) is 15.2. The van der Waals surface area contributed by atoms with Crippen molar-refractivity contribution in [3.05, 3.63) is 29.1 Å². The normalized spacial score (nSPS) is 37.8. The Balaban J connectivity index is 1.45. The average molecular weight is 359 g/mol. The lowest BCUT2D eigenvalue weighted by atomic mass is 9.53. The Morgan fingerprint density at radius 2 is 1.88 bits per heavy atom. The molecule has 26 heavy (non-hydrogen) atoms. The summed E-state index contributed by atoms with van der Waals surface area (Å²) in [7, 11) is 1.84. The Morgan fingerprint density at radius 1 is 1.19 bits per heavy atom. The summed E-state index contributed by atoms with van der Waals surface area (Å²) < 4.78 is 26.8. The molecule has 2 atom stereocenters. The van der Waals surface area contributed by atoms with Crippen molar-refractivity contribution < 1.29 is 18.7 Å². The van der Waals surface area contributed by atoms with Gasteiger partial charge in [-0.1, -0.05) is 0 Å². The smallest absolute Gasteiger partial charge is 0.251 e. The summed E-state index contributed by atoms with van der Waals surface area (Å²) in [6, 6.07) is 3.02. The van der Waals surface area contributed by atoms with Crippen molar-refractivity contribution in [1.29, 1.82) is 0 Å². The molecule has 5 heteroatoms. The van der Waals surface area contributed by atoms with E-state index in [4.69, 9.17) is 15.2 Å². The van der Waals surface area contributed by atoms with Crippen LogP contribution in [0.4, 0.5) is 4.39 Å². The van der Waals surface area contributed by atoms with Crippen molar-refractivity contribution >= 4 is 5.91 Å². The maximum Gasteiger partial charge on any atom is 0.251 e. The van der Waals surface area contributed by atoms with Gasteiger partial charge in [0.1, 0.15) is 17.7 Å². The number of benzene rings is 1. The molecule has 0 aromatic heterocycles. The minimum atomic E-state index is -0.715. The predicted octanol–water partition coefficient (Wildman–Crippen LogP) is 3.77. The molecule has 2 unspecified atom stereocenters. The molecule has 5 aliphatic carbocycles. The highest BCUT2D eigenvalue weighted by molar-refractivity contribution is 5.93. The van der Waals surface area contributed by atoms with Crippen LogP contribution in [-0.4, -0.2) is 24.7 Å². The van der Waals surface area contributed by atoms with Gasteiger partial charge in [0.2, 0.25) is 0 Å². The van der Waals surface area contributed by atoms with Crippen LogP contribution in [0.3, 0.4) is 0 Å². The first-order valence-electron chi connectivity index (χ1n) is 9.83. The van der Waals surface area contributed by atoms with Crippen molar-refractivity contribution in [1.82, 2.24) is 0 Å². The third kappa shape index (κ3) is 2.55. The molecule has 1 aromatic rings. The van der Waals surface area contributed by atoms with E-state index in [0.717, 1.165) is 37.2 Å². The van der Waals surface area contributed by atoms with Gasteiger partial charge in [-0.25, -0.2) is 4.39 Å². The third-order valence-corrected chi connectivity index (χ3v) is 7.21. The van der Waals surface area contributed by atoms with Gasteiger partial charge in [0.15, 0.2) is 0 Å². The summed E-state index contributed by atoms with van der Waals surface area (Å²) in [5.41, 5.74) is 6.30. The van der Waals surface area contributed by atoms with Crippen LogP contribution in [0.1, 0.15) is 66.8 Å². The van der Waals surface area contributed by atoms with Gasteiger partial charge in [-0.15, -0.1) is 0 Å². The fourth-order valence-electron chi connectivity index (χ4n) is 6.07. The van der Waals surface area contributed by atoms with Crippen LogP contribution in [0.25, 0.3) is 0 Å². The van der Waals surface area contributed by atoms with Gasteiger partial charge in [-0.05, 0) is 80.2 Å². The summed E-state index contributed by atoms with van der Waals surface area (Å²) in [4.78, 5) is 11.5. The Labute approximate surface area is 153 Å². The van der Waals surface area contributed by atoms with Crippen LogP contribution in [0.5, 0.6) is 5.75 Å². The minimum Gasteiger partial charge on any atom is -0.489 e. The Morgan fingerprint density at radius 3 is 2.46 bits per heavy atom. The molecule has 0 aliphatic heterocycles. The molecule has 1 amide bonds. The van der Waals surface area contributed by atoms with Gasteiger partial charge in [-0.2, -0.15) is 0 Å². The van der Waals surface area contributed by atoms with Crippen molar-refractivity contribution in [2.45, 2.75) is 62.6 Å². The van der Waals surface area contributed by atoms with Gasteiger partial charge >= 0.3 is 0 Å². The van der Waals surface area contributed by atoms with Crippen LogP contribution in [0.2, 0.25) is 0 Å². The number of amides is 1. The second-order valence-electron chi connectivity index (χ2n) is 8.95. The van der Waals surface area contributed by atoms with E-state index >= 15 is 0 Å². The highest BCUT2D eigenvalue weighted by Gasteiger charge is 2.56. The fraction of sp³-hybridized carbons (Fsp3) is 0.667. The van der Waals surface area contributed by atoms with Crippen molar-refractivity contribution in [2.24, 2.45) is 23.5 Å². The first-order valence-corrected chi connectivity index (χ1v) is 9.83. The number of hydrogen-bond donors (Lipinski definition) is 1. The van der Waals surface area contributed by atoms with Gasteiger partial charge in [-0.3, -0.25) is 4.79 Å². The highest BCUT2D eigenvalue weighted by Crippen LogP contribution is 2.58. The first-order chi connectivity index (χ1) is 12.5. The second-order valence-corrected chi connectivity index (χ2v) is 8.95. The molecular formula is C21H26FNO3. The standard InChI is InChI=1S/C21H26FNO3/c1-25-21-8-11-4-13(9-21)19(14(5-11)10-21)26-18-7-17(22)16(20(23)24)6-15(18)12-2-3-12/h6-7,11-14,19H,2-5,8-10H2,1H3,(H2,23,24). The number of halogens is 1. The number of carbonyl (C=O) groups excluding carboxylic acids is 1. The maximum absolute atomic E-state index is 14.4. The molecule has 0 radical (unpaired) electrons. The monoisotopic (exact) mass is 359 g/mol. The molecule has 5 aliphatic rings. The van der Waals surface area contributed by atoms with E-state index in [-0.39, 0.29) is 17.3 Å². The van der Waals surface area contributed by atoms with Crippen LogP contribution in [0, 0.1) is 23.6 Å². The van der Waals surface area contributed by atoms with E-state index in [9.17, 15) is 9.18 Å². The van der Waals surface area contributed by atoms with Crippen LogP contribution >= 0.6 is 0 Å². The largest absolute Gasteiger partial charge is 0.489 e. The first kappa shape index (κ1) is 16.5. The molecule has 2 N–H and O–H groups in total. The molecular weight excluding hydrogens is 333 g/mol. The zero-order valence-corrected chi connectivity index (χ0v) is 15.2. The predicted molar refractivity (Wildman–Crippen MR) is 94.6 cm³/mol. The van der Waals surface area contributed by atoms with Gasteiger partial charge in [0, 0.05) is 13.2 Å². The second kappa shape index (κ2) is 5.69. The van der Waals surface area contributed by atoms with Gasteiger partial charge in [0.25, 0.3) is 5.91 Å². The minimum absolute atomic E-state index is 0.0253. The average Bonchev–Trinajstić information content (AvgIpc) is 3.42. The van der Waals surface area contributed by atoms with Crippen molar-refractivity contribution in [3.8, 4) is 5.75 Å². The highest BCUT2D eigenvalue weighted by atomic mass is 19.1. The van der Waals surface area contributed by atoms with E-state index < -0.39 is 11.7 Å². The Bertz CT molecular complexity index is 744.